The van der Waals surface area contributed by atoms with Crippen LogP contribution in [0.1, 0.15) is 32.6 Å². The maximum atomic E-state index is 5.29. The molecule has 1 aliphatic carbocycles. The molecule has 1 aliphatic heterocycles. The van der Waals surface area contributed by atoms with Crippen LogP contribution < -0.4 is 4.90 Å². The number of nitrogens with one attached hydrogen (secondary N) is 1. The highest BCUT2D eigenvalue weighted by molar-refractivity contribution is 7.71. The van der Waals surface area contributed by atoms with Gasteiger partial charge >= 0.3 is 0 Å². The second-order valence-electron chi connectivity index (χ2n) is 5.34. The average Bonchev–Trinajstić information content (AvgIpc) is 2.94. The Labute approximate surface area is 107 Å². The van der Waals surface area contributed by atoms with Gasteiger partial charge in [-0.2, -0.15) is 0 Å². The predicted molar refractivity (Wildman–Crippen MR) is 70.7 cm³/mol. The molecule has 0 spiro atoms. The summed E-state index contributed by atoms with van der Waals surface area (Å²) in [7, 11) is 0. The molecule has 2 atom stereocenters. The highest BCUT2D eigenvalue weighted by Crippen LogP contribution is 2.39. The molecule has 94 valence electrons. The fourth-order valence-corrected chi connectivity index (χ4v) is 3.59. The molecule has 2 aliphatic rings. The van der Waals surface area contributed by atoms with Gasteiger partial charge in [0.05, 0.1) is 0 Å². The van der Waals surface area contributed by atoms with E-state index < -0.39 is 0 Å². The van der Waals surface area contributed by atoms with E-state index in [0.717, 1.165) is 35.5 Å². The van der Waals surface area contributed by atoms with Crippen molar-refractivity contribution in [1.29, 1.82) is 0 Å². The highest BCUT2D eigenvalue weighted by Gasteiger charge is 2.37. The van der Waals surface area contributed by atoms with Gasteiger partial charge in [0.15, 0.2) is 4.77 Å². The van der Waals surface area contributed by atoms with E-state index in [9.17, 15) is 0 Å². The van der Waals surface area contributed by atoms with Crippen LogP contribution in [0.15, 0.2) is 0 Å². The molecule has 17 heavy (non-hydrogen) atoms. The van der Waals surface area contributed by atoms with Crippen LogP contribution >= 0.6 is 12.2 Å². The summed E-state index contributed by atoms with van der Waals surface area (Å²) < 4.78 is 2.91. The lowest BCUT2D eigenvalue weighted by atomic mass is 10.0. The summed E-state index contributed by atoms with van der Waals surface area (Å²) in [6, 6.07) is 0. The summed E-state index contributed by atoms with van der Waals surface area (Å²) in [6.07, 6.45) is 5.33. The molecular weight excluding hydrogens is 232 g/mol. The largest absolute Gasteiger partial charge is 0.340 e. The summed E-state index contributed by atoms with van der Waals surface area (Å²) in [5, 5.41) is 7.35. The van der Waals surface area contributed by atoms with E-state index >= 15 is 0 Å². The van der Waals surface area contributed by atoms with Crippen LogP contribution in [0.4, 0.5) is 5.95 Å². The topological polar surface area (TPSA) is 36.9 Å². The fraction of sp³-hybridized carbons (Fsp3) is 0.833. The molecule has 1 aromatic rings. The summed E-state index contributed by atoms with van der Waals surface area (Å²) in [4.78, 5) is 2.43. The van der Waals surface area contributed by atoms with Gasteiger partial charge in [-0.15, -0.1) is 5.10 Å². The Morgan fingerprint density at radius 2 is 2.06 bits per heavy atom. The van der Waals surface area contributed by atoms with Gasteiger partial charge < -0.3 is 4.90 Å². The van der Waals surface area contributed by atoms with Crippen LogP contribution in [0.5, 0.6) is 0 Å². The Bertz CT molecular complexity index is 438. The molecule has 1 aromatic heterocycles. The molecule has 2 heterocycles. The lowest BCUT2D eigenvalue weighted by Crippen LogP contribution is -2.24. The molecule has 1 saturated carbocycles. The van der Waals surface area contributed by atoms with Gasteiger partial charge in [-0.1, -0.05) is 13.3 Å². The van der Waals surface area contributed by atoms with E-state index in [0.29, 0.717) is 0 Å². The third-order valence-electron chi connectivity index (χ3n) is 4.19. The third-order valence-corrected chi connectivity index (χ3v) is 4.51. The third kappa shape index (κ3) is 1.90. The fourth-order valence-electron chi connectivity index (χ4n) is 3.37. The van der Waals surface area contributed by atoms with Gasteiger partial charge in [0.25, 0.3) is 0 Å². The SMILES string of the molecule is CCCn1c(N2CC3CCCC3C2)n[nH]c1=S. The number of hydrogen-bond donors (Lipinski definition) is 1. The molecule has 2 fully saturated rings. The number of rotatable bonds is 3. The quantitative estimate of drug-likeness (QED) is 0.840. The zero-order chi connectivity index (χ0) is 11.8. The standard InChI is InChI=1S/C12H20N4S/c1-2-6-16-11(13-14-12(16)17)15-7-9-4-3-5-10(9)8-15/h9-10H,2-8H2,1H3,(H,14,17). The monoisotopic (exact) mass is 252 g/mol. The minimum atomic E-state index is 0.763. The predicted octanol–water partition coefficient (Wildman–Crippen LogP) is 2.59. The molecule has 1 saturated heterocycles. The Hall–Kier alpha value is -0.840. The number of anilines is 1. The van der Waals surface area contributed by atoms with E-state index in [1.54, 1.807) is 0 Å². The average molecular weight is 252 g/mol. The maximum absolute atomic E-state index is 5.29. The van der Waals surface area contributed by atoms with E-state index in [1.807, 2.05) is 0 Å². The lowest BCUT2D eigenvalue weighted by Gasteiger charge is -2.18. The van der Waals surface area contributed by atoms with Crippen LogP contribution in [0.3, 0.4) is 0 Å². The summed E-state index contributed by atoms with van der Waals surface area (Å²) in [5.41, 5.74) is 0. The van der Waals surface area contributed by atoms with Crippen molar-refractivity contribution in [2.24, 2.45) is 11.8 Å². The van der Waals surface area contributed by atoms with Crippen molar-refractivity contribution in [3.05, 3.63) is 4.77 Å². The van der Waals surface area contributed by atoms with Crippen molar-refractivity contribution in [3.63, 3.8) is 0 Å². The van der Waals surface area contributed by atoms with Crippen LogP contribution in [0.25, 0.3) is 0 Å². The van der Waals surface area contributed by atoms with Crippen molar-refractivity contribution < 1.29 is 0 Å². The minimum absolute atomic E-state index is 0.763. The van der Waals surface area contributed by atoms with Crippen molar-refractivity contribution >= 4 is 18.2 Å². The molecule has 2 unspecified atom stereocenters. The first-order chi connectivity index (χ1) is 8.29. The Morgan fingerprint density at radius 1 is 1.35 bits per heavy atom. The Morgan fingerprint density at radius 3 is 2.71 bits per heavy atom. The zero-order valence-corrected chi connectivity index (χ0v) is 11.2. The molecule has 0 bridgehead atoms. The van der Waals surface area contributed by atoms with Gasteiger partial charge in [0.1, 0.15) is 0 Å². The van der Waals surface area contributed by atoms with E-state index in [4.69, 9.17) is 12.2 Å². The first kappa shape index (κ1) is 11.3. The van der Waals surface area contributed by atoms with Gasteiger partial charge in [-0.05, 0) is 43.3 Å². The maximum Gasteiger partial charge on any atom is 0.225 e. The molecule has 3 rings (SSSR count). The first-order valence-corrected chi connectivity index (χ1v) is 7.10. The Kier molecular flexibility index (Phi) is 2.94. The number of aromatic nitrogens is 3. The molecule has 0 amide bonds. The summed E-state index contributed by atoms with van der Waals surface area (Å²) in [6.45, 7) is 5.50. The van der Waals surface area contributed by atoms with Crippen molar-refractivity contribution in [2.45, 2.75) is 39.2 Å². The van der Waals surface area contributed by atoms with Crippen LogP contribution in [0.2, 0.25) is 0 Å². The second-order valence-corrected chi connectivity index (χ2v) is 5.72. The highest BCUT2D eigenvalue weighted by atomic mass is 32.1. The van der Waals surface area contributed by atoms with Crippen molar-refractivity contribution in [3.8, 4) is 0 Å². The number of nitrogens with zero attached hydrogens (tertiary/aromatic N) is 3. The van der Waals surface area contributed by atoms with Crippen LogP contribution in [-0.2, 0) is 6.54 Å². The van der Waals surface area contributed by atoms with Gasteiger partial charge in [-0.3, -0.25) is 4.57 Å². The van der Waals surface area contributed by atoms with Gasteiger partial charge in [0, 0.05) is 19.6 Å². The molecular formula is C12H20N4S. The number of fused-ring (bicyclic) bond motifs is 1. The first-order valence-electron chi connectivity index (χ1n) is 6.69. The minimum Gasteiger partial charge on any atom is -0.340 e. The summed E-state index contributed by atoms with van der Waals surface area (Å²) in [5.74, 6) is 2.86. The molecule has 5 heteroatoms. The molecule has 1 N–H and O–H groups in total. The lowest BCUT2D eigenvalue weighted by molar-refractivity contribution is 0.494. The molecule has 0 aromatic carbocycles. The molecule has 4 nitrogen and oxygen atoms in total. The van der Waals surface area contributed by atoms with Crippen molar-refractivity contribution in [2.75, 3.05) is 18.0 Å². The smallest absolute Gasteiger partial charge is 0.225 e. The van der Waals surface area contributed by atoms with Crippen molar-refractivity contribution in [1.82, 2.24) is 14.8 Å². The molecule has 0 radical (unpaired) electrons. The number of H-pyrrole nitrogens is 1. The van der Waals surface area contributed by atoms with Gasteiger partial charge in [0.2, 0.25) is 5.95 Å². The van der Waals surface area contributed by atoms with Crippen LogP contribution in [-0.4, -0.2) is 27.9 Å². The summed E-state index contributed by atoms with van der Waals surface area (Å²) >= 11 is 5.29. The van der Waals surface area contributed by atoms with Crippen LogP contribution in [0, 0.1) is 16.6 Å². The van der Waals surface area contributed by atoms with E-state index in [1.165, 1.54) is 32.4 Å². The number of hydrogen-bond acceptors (Lipinski definition) is 3. The second kappa shape index (κ2) is 4.44. The van der Waals surface area contributed by atoms with E-state index in [-0.39, 0.29) is 0 Å². The normalized spacial score (nSPS) is 27.7. The van der Waals surface area contributed by atoms with Gasteiger partial charge in [-0.25, -0.2) is 5.10 Å². The zero-order valence-electron chi connectivity index (χ0n) is 10.4. The number of aromatic amines is 1. The Balaban J connectivity index is 1.83. The van der Waals surface area contributed by atoms with E-state index in [2.05, 4.69) is 26.6 Å².